The van der Waals surface area contributed by atoms with Crippen LogP contribution in [0.25, 0.3) is 0 Å². The van der Waals surface area contributed by atoms with Crippen LogP contribution in [0.4, 0.5) is 0 Å². The molecule has 4 aliphatic rings. The second-order valence-electron chi connectivity index (χ2n) is 17.9. The van der Waals surface area contributed by atoms with Gasteiger partial charge in [-0.1, -0.05) is 90.1 Å². The minimum Gasteiger partial charge on any atom is -0.457 e. The van der Waals surface area contributed by atoms with Gasteiger partial charge >= 0.3 is 23.9 Å². The van der Waals surface area contributed by atoms with Crippen LogP contribution in [0.2, 0.25) is 0 Å². The van der Waals surface area contributed by atoms with E-state index in [0.717, 1.165) is 0 Å². The smallest absolute Gasteiger partial charge is 0.338 e. The van der Waals surface area contributed by atoms with Gasteiger partial charge in [-0.2, -0.15) is 0 Å². The van der Waals surface area contributed by atoms with E-state index >= 15 is 4.79 Å². The lowest BCUT2D eigenvalue weighted by Crippen LogP contribution is -2.80. The number of benzene rings is 2. The van der Waals surface area contributed by atoms with Gasteiger partial charge in [0.15, 0.2) is 17.5 Å². The number of esters is 4. The summed E-state index contributed by atoms with van der Waals surface area (Å²) in [5.41, 5.74) is -5.39. The van der Waals surface area contributed by atoms with Gasteiger partial charge in [-0.05, 0) is 55.0 Å². The van der Waals surface area contributed by atoms with Crippen LogP contribution in [0.5, 0.6) is 0 Å². The predicted molar refractivity (Wildman–Crippen MR) is 213 cm³/mol. The minimum atomic E-state index is -2.18. The van der Waals surface area contributed by atoms with Crippen LogP contribution in [0.3, 0.4) is 0 Å². The van der Waals surface area contributed by atoms with Gasteiger partial charge in [-0.25, -0.2) is 4.79 Å². The van der Waals surface area contributed by atoms with Crippen molar-refractivity contribution in [3.63, 3.8) is 0 Å². The zero-order valence-electron chi connectivity index (χ0n) is 35.5. The number of carbonyl (C=O) groups is 6. The molecule has 3 aliphatic carbocycles. The fourth-order valence-corrected chi connectivity index (χ4v) is 10.2. The monoisotopic (exact) mass is 815 g/mol. The van der Waals surface area contributed by atoms with Gasteiger partial charge in [0.05, 0.1) is 30.0 Å². The first-order chi connectivity index (χ1) is 27.6. The molecule has 0 spiro atoms. The van der Waals surface area contributed by atoms with Gasteiger partial charge in [0, 0.05) is 37.0 Å². The molecule has 2 aromatic carbocycles. The summed E-state index contributed by atoms with van der Waals surface area (Å²) in [7, 11) is 0. The summed E-state index contributed by atoms with van der Waals surface area (Å²) in [5, 5.41) is 16.7. The van der Waals surface area contributed by atoms with Gasteiger partial charge in [0.1, 0.15) is 23.9 Å². The average Bonchev–Trinajstić information content (AvgIpc) is 3.18. The third-order valence-electron chi connectivity index (χ3n) is 13.8. The third kappa shape index (κ3) is 7.28. The van der Waals surface area contributed by atoms with E-state index in [1.165, 1.54) is 13.8 Å². The highest BCUT2D eigenvalue weighted by atomic mass is 16.6. The molecule has 2 aromatic rings. The molecule has 0 aromatic heterocycles. The van der Waals surface area contributed by atoms with E-state index < -0.39 is 99.9 Å². The molecule has 6 rings (SSSR count). The van der Waals surface area contributed by atoms with Crippen LogP contribution in [0, 0.1) is 34.5 Å². The fourth-order valence-electron chi connectivity index (χ4n) is 10.2. The molecule has 1 aliphatic heterocycles. The molecule has 11 atom stereocenters. The van der Waals surface area contributed by atoms with Gasteiger partial charge in [-0.15, -0.1) is 0 Å². The highest BCUT2D eigenvalue weighted by Crippen LogP contribution is 2.65. The van der Waals surface area contributed by atoms with Crippen molar-refractivity contribution in [2.24, 2.45) is 34.5 Å². The number of aliphatic hydroxyl groups is 1. The molecule has 8 unspecified atom stereocenters. The number of rotatable bonds is 10. The minimum absolute atomic E-state index is 0.160. The zero-order valence-corrected chi connectivity index (χ0v) is 35.5. The van der Waals surface area contributed by atoms with Crippen molar-refractivity contribution in [2.45, 2.75) is 124 Å². The number of hydrogen-bond acceptors (Lipinski definition) is 12. The Morgan fingerprint density at radius 2 is 1.49 bits per heavy atom. The normalized spacial score (nSPS) is 33.1. The van der Waals surface area contributed by atoms with Crippen LogP contribution in [-0.2, 0) is 47.7 Å². The maximum Gasteiger partial charge on any atom is 0.338 e. The second kappa shape index (κ2) is 15.9. The molecule has 1 saturated heterocycles. The lowest BCUT2D eigenvalue weighted by atomic mass is 9.43. The Balaban J connectivity index is 1.56. The molecule has 1 heterocycles. The number of amides is 1. The third-order valence-corrected chi connectivity index (χ3v) is 13.8. The van der Waals surface area contributed by atoms with Crippen molar-refractivity contribution >= 4 is 35.6 Å². The average molecular weight is 816 g/mol. The number of fused-ring (bicyclic) bond motifs is 5. The van der Waals surface area contributed by atoms with Crippen molar-refractivity contribution in [3.05, 3.63) is 82.9 Å². The van der Waals surface area contributed by atoms with Crippen LogP contribution in [0.15, 0.2) is 71.8 Å². The first-order valence-corrected chi connectivity index (χ1v) is 20.4. The molecule has 2 N–H and O–H groups in total. The molecule has 13 heteroatoms. The molecule has 2 bridgehead atoms. The Hall–Kier alpha value is -4.88. The maximum absolute atomic E-state index is 15.6. The van der Waals surface area contributed by atoms with Crippen LogP contribution in [-0.4, -0.2) is 82.9 Å². The van der Waals surface area contributed by atoms with Crippen molar-refractivity contribution in [1.82, 2.24) is 5.32 Å². The standard InChI is InChI=1S/C46H57NO12/c1-24(2)40(51)47-35(30-17-13-11-14-18-30)27(5)41(52)57-32-22-46(54)39(58-42(53)31-19-15-12-16-20-31)37-44(10,25(3)21-33-45(37,23-55-33)59-29(7)49)38(50)36(56-28(6)48)34(26(32)4)43(46,8)9/h11-20,24-25,27,32-33,35-37,39,54H,21-23H2,1-10H3,(H,47,51)/t25-,27+,32?,33?,35?,36?,37?,39?,44+,45?,46?/m0/s1. The SMILES string of the molecule is CC(=O)OC1C(=O)[C@@]2(C)C(C(OC(=O)c3ccccc3)C3(O)CC(OC(=O)[C@H](C)C(NC(=O)C(C)C)c4ccccc4)C(C)=C1C3(C)C)C1(OC(C)=O)COC1C[C@@H]2C. The highest BCUT2D eigenvalue weighted by Gasteiger charge is 2.77. The largest absolute Gasteiger partial charge is 0.457 e. The number of nitrogens with one attached hydrogen (secondary N) is 1. The van der Waals surface area contributed by atoms with Crippen LogP contribution < -0.4 is 5.32 Å². The van der Waals surface area contributed by atoms with Crippen molar-refractivity contribution in [1.29, 1.82) is 0 Å². The van der Waals surface area contributed by atoms with Crippen LogP contribution in [0.1, 0.15) is 104 Å². The summed E-state index contributed by atoms with van der Waals surface area (Å²) in [6.45, 7) is 15.9. The van der Waals surface area contributed by atoms with E-state index in [1.807, 2.05) is 13.0 Å². The first kappa shape index (κ1) is 43.7. The van der Waals surface area contributed by atoms with E-state index in [4.69, 9.17) is 23.7 Å². The summed E-state index contributed by atoms with van der Waals surface area (Å²) < 4.78 is 31.1. The van der Waals surface area contributed by atoms with Crippen molar-refractivity contribution in [2.75, 3.05) is 6.61 Å². The van der Waals surface area contributed by atoms with Gasteiger partial charge in [-0.3, -0.25) is 24.0 Å². The predicted octanol–water partition coefficient (Wildman–Crippen LogP) is 5.63. The maximum atomic E-state index is 15.6. The summed E-state index contributed by atoms with van der Waals surface area (Å²) in [4.78, 5) is 83.5. The second-order valence-corrected chi connectivity index (χ2v) is 17.9. The van der Waals surface area contributed by atoms with Gasteiger partial charge < -0.3 is 34.1 Å². The molecule has 318 valence electrons. The van der Waals surface area contributed by atoms with Gasteiger partial charge in [0.25, 0.3) is 0 Å². The zero-order chi connectivity index (χ0) is 43.4. The molecular formula is C46H57NO12. The topological polar surface area (TPSA) is 181 Å². The molecule has 59 heavy (non-hydrogen) atoms. The lowest BCUT2D eigenvalue weighted by Gasteiger charge is -2.68. The van der Waals surface area contributed by atoms with Crippen molar-refractivity contribution in [3.8, 4) is 0 Å². The Labute approximate surface area is 345 Å². The molecule has 0 radical (unpaired) electrons. The summed E-state index contributed by atoms with van der Waals surface area (Å²) in [6.07, 6.45) is -5.21. The van der Waals surface area contributed by atoms with Crippen LogP contribution >= 0.6 is 0 Å². The van der Waals surface area contributed by atoms with E-state index in [2.05, 4.69) is 5.32 Å². The van der Waals surface area contributed by atoms with E-state index in [9.17, 15) is 29.1 Å². The summed E-state index contributed by atoms with van der Waals surface area (Å²) in [5.74, 6) is -6.88. The Morgan fingerprint density at radius 3 is 2.03 bits per heavy atom. The molecule has 2 saturated carbocycles. The Kier molecular flexibility index (Phi) is 11.8. The number of ether oxygens (including phenoxy) is 5. The Morgan fingerprint density at radius 1 is 0.881 bits per heavy atom. The van der Waals surface area contributed by atoms with Crippen molar-refractivity contribution < 1.29 is 57.6 Å². The number of hydrogen-bond donors (Lipinski definition) is 2. The van der Waals surface area contributed by atoms with E-state index in [1.54, 1.807) is 103 Å². The quantitative estimate of drug-likeness (QED) is 0.172. The van der Waals surface area contributed by atoms with Gasteiger partial charge in [0.2, 0.25) is 5.91 Å². The molecule has 3 fully saturated rings. The number of carbonyl (C=O) groups excluding carboxylic acids is 6. The number of ketones is 1. The summed E-state index contributed by atoms with van der Waals surface area (Å²) >= 11 is 0. The van der Waals surface area contributed by atoms with E-state index in [-0.39, 0.29) is 42.4 Å². The highest BCUT2D eigenvalue weighted by molar-refractivity contribution is 5.95. The number of Topliss-reactive ketones (excluding diaryl/α,β-unsaturated/α-hetero) is 1. The lowest BCUT2D eigenvalue weighted by molar-refractivity contribution is -0.340. The van der Waals surface area contributed by atoms with E-state index in [0.29, 0.717) is 11.1 Å². The molecule has 1 amide bonds. The Bertz CT molecular complexity index is 2030. The fraction of sp³-hybridized carbons (Fsp3) is 0.565. The summed E-state index contributed by atoms with van der Waals surface area (Å²) in [6, 6.07) is 16.4. The molecule has 13 nitrogen and oxygen atoms in total. The first-order valence-electron chi connectivity index (χ1n) is 20.4. The molecular weight excluding hydrogens is 759 g/mol.